The van der Waals surface area contributed by atoms with Gasteiger partial charge in [0.2, 0.25) is 11.7 Å². The van der Waals surface area contributed by atoms with Crippen LogP contribution in [0.15, 0.2) is 10.6 Å². The number of carbonyl (C=O) groups excluding carboxylic acids is 2. The molecule has 0 fully saturated rings. The third kappa shape index (κ3) is 5.06. The molecule has 0 spiro atoms. The second-order valence-electron chi connectivity index (χ2n) is 3.73. The molecule has 1 rings (SSSR count). The van der Waals surface area contributed by atoms with Crippen molar-refractivity contribution in [2.45, 2.75) is 6.42 Å². The van der Waals surface area contributed by atoms with E-state index >= 15 is 0 Å². The van der Waals surface area contributed by atoms with Crippen molar-refractivity contribution >= 4 is 17.8 Å². The summed E-state index contributed by atoms with van der Waals surface area (Å²) in [7, 11) is 1.52. The number of carbonyl (C=O) groups is 3. The van der Waals surface area contributed by atoms with Gasteiger partial charge in [-0.25, -0.2) is 4.79 Å². The number of carboxylic acid groups (broad SMARTS) is 1. The van der Waals surface area contributed by atoms with Gasteiger partial charge in [0.1, 0.15) is 0 Å². The molecule has 0 radical (unpaired) electrons. The zero-order valence-corrected chi connectivity index (χ0v) is 10.8. The number of amides is 2. The maximum atomic E-state index is 11.5. The summed E-state index contributed by atoms with van der Waals surface area (Å²) in [5.74, 6) is -2.57. The zero-order valence-electron chi connectivity index (χ0n) is 10.8. The molecule has 0 saturated heterocycles. The molecule has 1 aromatic heterocycles. The highest BCUT2D eigenvalue weighted by molar-refractivity contribution is 5.95. The van der Waals surface area contributed by atoms with E-state index in [2.05, 4.69) is 20.3 Å². The normalized spacial score (nSPS) is 10.1. The van der Waals surface area contributed by atoms with Crippen molar-refractivity contribution in [1.29, 1.82) is 0 Å². The Hall–Kier alpha value is -2.42. The van der Waals surface area contributed by atoms with E-state index in [-0.39, 0.29) is 24.6 Å². The van der Waals surface area contributed by atoms with Gasteiger partial charge in [0.15, 0.2) is 5.69 Å². The molecule has 0 atom stereocenters. The molecule has 1 heterocycles. The van der Waals surface area contributed by atoms with Gasteiger partial charge in [-0.1, -0.05) is 5.16 Å². The summed E-state index contributed by atoms with van der Waals surface area (Å²) in [5, 5.41) is 16.9. The Kier molecular flexibility index (Phi) is 6.17. The first-order valence-electron chi connectivity index (χ1n) is 5.78. The third-order valence-electron chi connectivity index (χ3n) is 2.22. The van der Waals surface area contributed by atoms with E-state index in [0.717, 1.165) is 6.07 Å². The highest BCUT2D eigenvalue weighted by atomic mass is 16.5. The van der Waals surface area contributed by atoms with Crippen molar-refractivity contribution in [2.75, 3.05) is 26.8 Å². The van der Waals surface area contributed by atoms with E-state index in [1.807, 2.05) is 0 Å². The minimum Gasteiger partial charge on any atom is -0.475 e. The Morgan fingerprint density at radius 2 is 2.10 bits per heavy atom. The van der Waals surface area contributed by atoms with Gasteiger partial charge in [-0.15, -0.1) is 0 Å². The standard InChI is InChI=1S/C11H15N3O6/c1-19-5-4-12-9(15)2-3-13-10(16)7-6-8(11(17)18)20-14-7/h6H,2-5H2,1H3,(H,12,15)(H,13,16)(H,17,18). The first kappa shape index (κ1) is 15.6. The minimum absolute atomic E-state index is 0.0963. The van der Waals surface area contributed by atoms with E-state index in [1.165, 1.54) is 7.11 Å². The second-order valence-corrected chi connectivity index (χ2v) is 3.73. The maximum absolute atomic E-state index is 11.5. The Balaban J connectivity index is 2.29. The fourth-order valence-electron chi connectivity index (χ4n) is 1.24. The molecule has 0 aliphatic carbocycles. The van der Waals surface area contributed by atoms with Crippen LogP contribution in [0.2, 0.25) is 0 Å². The van der Waals surface area contributed by atoms with E-state index in [4.69, 9.17) is 9.84 Å². The second kappa shape index (κ2) is 7.89. The van der Waals surface area contributed by atoms with Crippen molar-refractivity contribution in [1.82, 2.24) is 15.8 Å². The summed E-state index contributed by atoms with van der Waals surface area (Å²) in [5.41, 5.74) is -0.151. The zero-order chi connectivity index (χ0) is 15.0. The number of hydrogen-bond donors (Lipinski definition) is 3. The number of nitrogens with zero attached hydrogens (tertiary/aromatic N) is 1. The first-order chi connectivity index (χ1) is 9.54. The molecule has 0 aliphatic heterocycles. The van der Waals surface area contributed by atoms with Crippen LogP contribution in [-0.2, 0) is 9.53 Å². The number of aromatic nitrogens is 1. The lowest BCUT2D eigenvalue weighted by atomic mass is 10.3. The van der Waals surface area contributed by atoms with Gasteiger partial charge in [0.25, 0.3) is 5.91 Å². The fraction of sp³-hybridized carbons (Fsp3) is 0.455. The number of ether oxygens (including phenoxy) is 1. The van der Waals surface area contributed by atoms with Crippen LogP contribution in [0, 0.1) is 0 Å². The third-order valence-corrected chi connectivity index (χ3v) is 2.22. The summed E-state index contributed by atoms with van der Waals surface area (Å²) < 4.78 is 9.20. The molecular formula is C11H15N3O6. The van der Waals surface area contributed by atoms with Gasteiger partial charge in [0.05, 0.1) is 6.61 Å². The van der Waals surface area contributed by atoms with Crippen LogP contribution in [0.3, 0.4) is 0 Å². The molecule has 0 bridgehead atoms. The maximum Gasteiger partial charge on any atom is 0.374 e. The molecule has 0 aromatic carbocycles. The fourth-order valence-corrected chi connectivity index (χ4v) is 1.24. The Labute approximate surface area is 114 Å². The highest BCUT2D eigenvalue weighted by Crippen LogP contribution is 2.03. The Bertz CT molecular complexity index is 484. The summed E-state index contributed by atoms with van der Waals surface area (Å²) in [6.07, 6.45) is 0.0963. The van der Waals surface area contributed by atoms with Crippen LogP contribution in [0.1, 0.15) is 27.5 Å². The van der Waals surface area contributed by atoms with Crippen molar-refractivity contribution in [2.24, 2.45) is 0 Å². The van der Waals surface area contributed by atoms with Gasteiger partial charge in [0, 0.05) is 32.7 Å². The molecule has 9 nitrogen and oxygen atoms in total. The van der Waals surface area contributed by atoms with Crippen LogP contribution in [-0.4, -0.2) is 54.9 Å². The topological polar surface area (TPSA) is 131 Å². The van der Waals surface area contributed by atoms with Crippen LogP contribution in [0.25, 0.3) is 0 Å². The molecule has 110 valence electrons. The molecule has 9 heteroatoms. The number of methoxy groups -OCH3 is 1. The van der Waals surface area contributed by atoms with Gasteiger partial charge < -0.3 is 25.0 Å². The van der Waals surface area contributed by atoms with E-state index in [9.17, 15) is 14.4 Å². The largest absolute Gasteiger partial charge is 0.475 e. The number of hydrogen-bond acceptors (Lipinski definition) is 6. The molecule has 0 aliphatic rings. The Morgan fingerprint density at radius 3 is 2.70 bits per heavy atom. The monoisotopic (exact) mass is 285 g/mol. The molecule has 20 heavy (non-hydrogen) atoms. The van der Waals surface area contributed by atoms with Gasteiger partial charge >= 0.3 is 5.97 Å². The average molecular weight is 285 g/mol. The van der Waals surface area contributed by atoms with Crippen LogP contribution in [0.4, 0.5) is 0 Å². The van der Waals surface area contributed by atoms with Crippen LogP contribution < -0.4 is 10.6 Å². The van der Waals surface area contributed by atoms with Crippen molar-refractivity contribution < 1.29 is 28.8 Å². The summed E-state index contributed by atoms with van der Waals surface area (Å²) >= 11 is 0. The van der Waals surface area contributed by atoms with Gasteiger partial charge in [-0.3, -0.25) is 9.59 Å². The van der Waals surface area contributed by atoms with E-state index in [0.29, 0.717) is 13.2 Å². The van der Waals surface area contributed by atoms with Crippen molar-refractivity contribution in [3.63, 3.8) is 0 Å². The predicted octanol–water partition coefficient (Wildman–Crippen LogP) is -0.745. The predicted molar refractivity (Wildman–Crippen MR) is 65.3 cm³/mol. The van der Waals surface area contributed by atoms with Gasteiger partial charge in [-0.2, -0.15) is 0 Å². The number of rotatable bonds is 8. The van der Waals surface area contributed by atoms with Crippen molar-refractivity contribution in [3.8, 4) is 0 Å². The van der Waals surface area contributed by atoms with Crippen LogP contribution >= 0.6 is 0 Å². The smallest absolute Gasteiger partial charge is 0.374 e. The lowest BCUT2D eigenvalue weighted by Gasteiger charge is -2.04. The molecule has 0 unspecified atom stereocenters. The quantitative estimate of drug-likeness (QED) is 0.536. The Morgan fingerprint density at radius 1 is 1.35 bits per heavy atom. The van der Waals surface area contributed by atoms with E-state index in [1.54, 1.807) is 0 Å². The molecule has 0 saturated carbocycles. The number of nitrogens with one attached hydrogen (secondary N) is 2. The molecule has 2 amide bonds. The summed E-state index contributed by atoms with van der Waals surface area (Å²) in [4.78, 5) is 33.4. The number of carboxylic acids is 1. The summed E-state index contributed by atoms with van der Waals surface area (Å²) in [6, 6.07) is 1.01. The highest BCUT2D eigenvalue weighted by Gasteiger charge is 2.16. The molecular weight excluding hydrogens is 270 g/mol. The SMILES string of the molecule is COCCNC(=O)CCNC(=O)c1cc(C(=O)O)on1. The van der Waals surface area contributed by atoms with Crippen LogP contribution in [0.5, 0.6) is 0 Å². The minimum atomic E-state index is -1.31. The first-order valence-corrected chi connectivity index (χ1v) is 5.78. The summed E-state index contributed by atoms with van der Waals surface area (Å²) in [6.45, 7) is 0.913. The van der Waals surface area contributed by atoms with Crippen molar-refractivity contribution in [3.05, 3.63) is 17.5 Å². The number of aromatic carboxylic acids is 1. The molecule has 1 aromatic rings. The lowest BCUT2D eigenvalue weighted by Crippen LogP contribution is -2.32. The van der Waals surface area contributed by atoms with E-state index < -0.39 is 17.6 Å². The lowest BCUT2D eigenvalue weighted by molar-refractivity contribution is -0.121. The molecule has 3 N–H and O–H groups in total. The van der Waals surface area contributed by atoms with Gasteiger partial charge in [-0.05, 0) is 0 Å². The average Bonchev–Trinajstić information content (AvgIpc) is 2.88.